The smallest absolute Gasteiger partial charge is 0.324 e. The van der Waals surface area contributed by atoms with Crippen LogP contribution in [0, 0.1) is 17.2 Å². The lowest BCUT2D eigenvalue weighted by atomic mass is 9.97. The maximum atomic E-state index is 13.2. The standard InChI is InChI=1S/C20H17FO5/c1-25-18(23)20(19(24)26-2)15(12-6-4-3-5-7-12)16(20)17(22)13-8-10-14(21)11-9-13/h3-11,15-16H,1-2H3/t15-,16+/m0/s1. The van der Waals surface area contributed by atoms with Crippen LogP contribution in [0.3, 0.4) is 0 Å². The number of ether oxygens (including phenoxy) is 2. The number of hydrogen-bond acceptors (Lipinski definition) is 5. The van der Waals surface area contributed by atoms with Crippen molar-refractivity contribution in [2.75, 3.05) is 14.2 Å². The van der Waals surface area contributed by atoms with Crippen LogP contribution < -0.4 is 0 Å². The molecule has 0 heterocycles. The van der Waals surface area contributed by atoms with Gasteiger partial charge >= 0.3 is 11.9 Å². The van der Waals surface area contributed by atoms with E-state index < -0.39 is 40.8 Å². The molecule has 1 aliphatic rings. The first kappa shape index (κ1) is 17.8. The van der Waals surface area contributed by atoms with Crippen molar-refractivity contribution in [3.05, 3.63) is 71.5 Å². The molecule has 26 heavy (non-hydrogen) atoms. The summed E-state index contributed by atoms with van der Waals surface area (Å²) in [5.41, 5.74) is -0.869. The van der Waals surface area contributed by atoms with Gasteiger partial charge in [-0.25, -0.2) is 4.39 Å². The molecule has 0 spiro atoms. The molecule has 1 aliphatic carbocycles. The minimum Gasteiger partial charge on any atom is -0.468 e. The highest BCUT2D eigenvalue weighted by atomic mass is 19.1. The fourth-order valence-corrected chi connectivity index (χ4v) is 3.58. The number of carbonyl (C=O) groups is 3. The molecule has 0 unspecified atom stereocenters. The summed E-state index contributed by atoms with van der Waals surface area (Å²) in [6.45, 7) is 0. The molecule has 2 aromatic carbocycles. The van der Waals surface area contributed by atoms with Crippen LogP contribution in [0.4, 0.5) is 4.39 Å². The van der Waals surface area contributed by atoms with Gasteiger partial charge in [0.2, 0.25) is 0 Å². The molecule has 3 rings (SSSR count). The maximum absolute atomic E-state index is 13.2. The second-order valence-corrected chi connectivity index (χ2v) is 6.09. The van der Waals surface area contributed by atoms with E-state index in [0.29, 0.717) is 5.56 Å². The van der Waals surface area contributed by atoms with Gasteiger partial charge in [0, 0.05) is 11.5 Å². The van der Waals surface area contributed by atoms with Gasteiger partial charge in [0.25, 0.3) is 0 Å². The second kappa shape index (κ2) is 6.71. The molecular formula is C20H17FO5. The quantitative estimate of drug-likeness (QED) is 0.468. The number of esters is 2. The number of rotatable bonds is 5. The minimum absolute atomic E-state index is 0.215. The van der Waals surface area contributed by atoms with Crippen molar-refractivity contribution in [1.82, 2.24) is 0 Å². The first-order valence-corrected chi connectivity index (χ1v) is 8.00. The Morgan fingerprint density at radius 1 is 0.885 bits per heavy atom. The van der Waals surface area contributed by atoms with Crippen LogP contribution in [0.5, 0.6) is 0 Å². The lowest BCUT2D eigenvalue weighted by Crippen LogP contribution is -2.33. The van der Waals surface area contributed by atoms with Gasteiger partial charge in [-0.1, -0.05) is 30.3 Å². The first-order valence-electron chi connectivity index (χ1n) is 8.00. The Kier molecular flexibility index (Phi) is 4.59. The van der Waals surface area contributed by atoms with Crippen LogP contribution in [0.2, 0.25) is 0 Å². The molecule has 6 heteroatoms. The number of halogens is 1. The highest BCUT2D eigenvalue weighted by Gasteiger charge is 2.79. The van der Waals surface area contributed by atoms with Crippen molar-refractivity contribution >= 4 is 17.7 Å². The summed E-state index contributed by atoms with van der Waals surface area (Å²) in [5.74, 6) is -4.24. The Morgan fingerprint density at radius 2 is 1.42 bits per heavy atom. The number of ketones is 1. The fraction of sp³-hybridized carbons (Fsp3) is 0.250. The molecule has 0 aliphatic heterocycles. The zero-order valence-electron chi connectivity index (χ0n) is 14.3. The van der Waals surface area contributed by atoms with E-state index in [-0.39, 0.29) is 5.56 Å². The van der Waals surface area contributed by atoms with Gasteiger partial charge in [0.15, 0.2) is 11.2 Å². The average Bonchev–Trinajstić information content (AvgIpc) is 3.38. The first-order chi connectivity index (χ1) is 12.5. The lowest BCUT2D eigenvalue weighted by molar-refractivity contribution is -0.162. The normalized spacial score (nSPS) is 20.1. The van der Waals surface area contributed by atoms with Gasteiger partial charge in [-0.2, -0.15) is 0 Å². The Labute approximate surface area is 149 Å². The van der Waals surface area contributed by atoms with Crippen LogP contribution in [0.1, 0.15) is 21.8 Å². The molecule has 0 radical (unpaired) electrons. The van der Waals surface area contributed by atoms with Gasteiger partial charge in [0.05, 0.1) is 20.1 Å². The Balaban J connectivity index is 2.10. The predicted molar refractivity (Wildman–Crippen MR) is 89.9 cm³/mol. The third-order valence-corrected chi connectivity index (χ3v) is 4.82. The molecule has 0 bridgehead atoms. The highest BCUT2D eigenvalue weighted by molar-refractivity contribution is 6.16. The fourth-order valence-electron chi connectivity index (χ4n) is 3.58. The van der Waals surface area contributed by atoms with Crippen LogP contribution in [0.25, 0.3) is 0 Å². The van der Waals surface area contributed by atoms with E-state index in [0.717, 1.165) is 26.4 Å². The van der Waals surface area contributed by atoms with Gasteiger partial charge in [0.1, 0.15) is 5.82 Å². The highest BCUT2D eigenvalue weighted by Crippen LogP contribution is 2.67. The summed E-state index contributed by atoms with van der Waals surface area (Å²) in [5, 5.41) is 0. The van der Waals surface area contributed by atoms with Crippen molar-refractivity contribution in [2.45, 2.75) is 5.92 Å². The van der Waals surface area contributed by atoms with E-state index in [9.17, 15) is 18.8 Å². The number of carbonyl (C=O) groups excluding carboxylic acids is 3. The van der Waals surface area contributed by atoms with Crippen molar-refractivity contribution in [3.8, 4) is 0 Å². The number of benzene rings is 2. The molecule has 2 aromatic rings. The summed E-state index contributed by atoms with van der Waals surface area (Å²) < 4.78 is 22.8. The zero-order chi connectivity index (χ0) is 18.9. The van der Waals surface area contributed by atoms with Crippen LogP contribution >= 0.6 is 0 Å². The molecule has 0 amide bonds. The molecule has 5 nitrogen and oxygen atoms in total. The van der Waals surface area contributed by atoms with E-state index in [2.05, 4.69) is 0 Å². The van der Waals surface area contributed by atoms with Crippen molar-refractivity contribution in [1.29, 1.82) is 0 Å². The number of Topliss-reactive ketones (excluding diaryl/α,β-unsaturated/α-hetero) is 1. The summed E-state index contributed by atoms with van der Waals surface area (Å²) in [6.07, 6.45) is 0. The van der Waals surface area contributed by atoms with E-state index in [1.54, 1.807) is 30.3 Å². The third kappa shape index (κ3) is 2.58. The summed E-state index contributed by atoms with van der Waals surface area (Å²) >= 11 is 0. The third-order valence-electron chi connectivity index (χ3n) is 4.82. The number of methoxy groups -OCH3 is 2. The summed E-state index contributed by atoms with van der Waals surface area (Å²) in [4.78, 5) is 38.1. The minimum atomic E-state index is -1.74. The molecule has 2 atom stereocenters. The van der Waals surface area contributed by atoms with E-state index >= 15 is 0 Å². The Hall–Kier alpha value is -3.02. The van der Waals surface area contributed by atoms with Crippen molar-refractivity contribution in [3.63, 3.8) is 0 Å². The van der Waals surface area contributed by atoms with Crippen LogP contribution in [-0.4, -0.2) is 31.9 Å². The molecular weight excluding hydrogens is 339 g/mol. The largest absolute Gasteiger partial charge is 0.468 e. The second-order valence-electron chi connectivity index (χ2n) is 6.09. The van der Waals surface area contributed by atoms with E-state index in [4.69, 9.17) is 9.47 Å². The zero-order valence-corrected chi connectivity index (χ0v) is 14.3. The van der Waals surface area contributed by atoms with Crippen LogP contribution in [0.15, 0.2) is 54.6 Å². The monoisotopic (exact) mass is 356 g/mol. The Bertz CT molecular complexity index is 828. The maximum Gasteiger partial charge on any atom is 0.324 e. The van der Waals surface area contributed by atoms with E-state index in [1.165, 1.54) is 12.1 Å². The van der Waals surface area contributed by atoms with E-state index in [1.807, 2.05) is 0 Å². The molecule has 0 aromatic heterocycles. The summed E-state index contributed by atoms with van der Waals surface area (Å²) in [7, 11) is 2.32. The van der Waals surface area contributed by atoms with Crippen LogP contribution in [-0.2, 0) is 19.1 Å². The Morgan fingerprint density at radius 3 is 1.92 bits per heavy atom. The molecule has 0 saturated heterocycles. The van der Waals surface area contributed by atoms with Crippen molar-refractivity contribution < 1.29 is 28.2 Å². The lowest BCUT2D eigenvalue weighted by Gasteiger charge is -2.13. The average molecular weight is 356 g/mol. The van der Waals surface area contributed by atoms with Crippen molar-refractivity contribution in [2.24, 2.45) is 11.3 Å². The van der Waals surface area contributed by atoms with Gasteiger partial charge in [-0.3, -0.25) is 14.4 Å². The summed E-state index contributed by atoms with van der Waals surface area (Å²) in [6, 6.07) is 13.8. The predicted octanol–water partition coefficient (Wildman–Crippen LogP) is 2.75. The molecule has 1 fully saturated rings. The molecule has 1 saturated carbocycles. The topological polar surface area (TPSA) is 69.7 Å². The number of hydrogen-bond donors (Lipinski definition) is 0. The van der Waals surface area contributed by atoms with Gasteiger partial charge in [-0.05, 0) is 29.8 Å². The molecule has 134 valence electrons. The van der Waals surface area contributed by atoms with Gasteiger partial charge in [-0.15, -0.1) is 0 Å². The molecule has 0 N–H and O–H groups in total. The van der Waals surface area contributed by atoms with Gasteiger partial charge < -0.3 is 9.47 Å². The SMILES string of the molecule is COC(=O)C1(C(=O)OC)[C@@H](C(=O)c2ccc(F)cc2)[C@@H]1c1ccccc1.